The molecule has 0 saturated carbocycles. The SMILES string of the molecule is Cc1ccc(C(c2ccc(Cl)c(C(F)(F)F)c2)N2CCC(C(=O)O)CC2)cc1. The molecule has 7 heteroatoms. The molecule has 0 aromatic heterocycles. The second-order valence-electron chi connectivity index (χ2n) is 7.20. The van der Waals surface area contributed by atoms with Crippen molar-refractivity contribution in [1.29, 1.82) is 0 Å². The monoisotopic (exact) mass is 411 g/mol. The molecule has 3 nitrogen and oxygen atoms in total. The number of aliphatic carboxylic acids is 1. The number of nitrogens with zero attached hydrogens (tertiary/aromatic N) is 1. The maximum absolute atomic E-state index is 13.4. The van der Waals surface area contributed by atoms with E-state index in [1.807, 2.05) is 36.1 Å². The van der Waals surface area contributed by atoms with Crippen molar-refractivity contribution in [2.75, 3.05) is 13.1 Å². The Morgan fingerprint density at radius 3 is 2.21 bits per heavy atom. The van der Waals surface area contributed by atoms with Gasteiger partial charge in [0.15, 0.2) is 0 Å². The summed E-state index contributed by atoms with van der Waals surface area (Å²) in [6.07, 6.45) is -3.60. The smallest absolute Gasteiger partial charge is 0.417 e. The first-order chi connectivity index (χ1) is 13.2. The summed E-state index contributed by atoms with van der Waals surface area (Å²) >= 11 is 5.79. The van der Waals surface area contributed by atoms with E-state index in [4.69, 9.17) is 11.6 Å². The third kappa shape index (κ3) is 4.50. The highest BCUT2D eigenvalue weighted by molar-refractivity contribution is 6.31. The normalized spacial score (nSPS) is 17.5. The van der Waals surface area contributed by atoms with Crippen LogP contribution in [0, 0.1) is 12.8 Å². The van der Waals surface area contributed by atoms with Crippen LogP contribution in [0.1, 0.15) is 41.1 Å². The number of carboxylic acids is 1. The van der Waals surface area contributed by atoms with Crippen LogP contribution in [-0.2, 0) is 11.0 Å². The Balaban J connectivity index is 2.00. The fraction of sp³-hybridized carbons (Fsp3) is 0.381. The zero-order chi connectivity index (χ0) is 20.5. The molecule has 0 bridgehead atoms. The molecular formula is C21H21ClF3NO2. The Hall–Kier alpha value is -2.05. The highest BCUT2D eigenvalue weighted by Crippen LogP contribution is 2.39. The quantitative estimate of drug-likeness (QED) is 0.716. The van der Waals surface area contributed by atoms with E-state index in [9.17, 15) is 23.1 Å². The number of piperidine rings is 1. The summed E-state index contributed by atoms with van der Waals surface area (Å²) in [5, 5.41) is 8.90. The van der Waals surface area contributed by atoms with Gasteiger partial charge >= 0.3 is 12.1 Å². The summed E-state index contributed by atoms with van der Waals surface area (Å²) in [5.41, 5.74) is 1.56. The molecule has 28 heavy (non-hydrogen) atoms. The van der Waals surface area contributed by atoms with Crippen molar-refractivity contribution in [3.8, 4) is 0 Å². The number of carbonyl (C=O) groups is 1. The van der Waals surface area contributed by atoms with Gasteiger partial charge in [0.25, 0.3) is 0 Å². The average Bonchev–Trinajstić information content (AvgIpc) is 2.64. The minimum Gasteiger partial charge on any atom is -0.481 e. The van der Waals surface area contributed by atoms with Gasteiger partial charge in [-0.25, -0.2) is 0 Å². The molecule has 3 rings (SSSR count). The van der Waals surface area contributed by atoms with E-state index in [-0.39, 0.29) is 5.02 Å². The van der Waals surface area contributed by atoms with Gasteiger partial charge in [0.2, 0.25) is 0 Å². The summed E-state index contributed by atoms with van der Waals surface area (Å²) in [6.45, 7) is 2.94. The molecule has 1 aliphatic heterocycles. The van der Waals surface area contributed by atoms with Crippen LogP contribution < -0.4 is 0 Å². The first kappa shape index (κ1) is 20.7. The van der Waals surface area contributed by atoms with Crippen LogP contribution in [0.4, 0.5) is 13.2 Å². The molecule has 1 heterocycles. The van der Waals surface area contributed by atoms with Gasteiger partial charge < -0.3 is 5.11 Å². The molecule has 1 aliphatic rings. The number of alkyl halides is 3. The van der Waals surface area contributed by atoms with E-state index in [0.717, 1.165) is 17.2 Å². The van der Waals surface area contributed by atoms with Crippen LogP contribution in [0.25, 0.3) is 0 Å². The number of hydrogen-bond acceptors (Lipinski definition) is 2. The third-order valence-electron chi connectivity index (χ3n) is 5.25. The lowest BCUT2D eigenvalue weighted by molar-refractivity contribution is -0.143. The fourth-order valence-electron chi connectivity index (χ4n) is 3.70. The lowest BCUT2D eigenvalue weighted by atomic mass is 9.90. The Kier molecular flexibility index (Phi) is 6.01. The van der Waals surface area contributed by atoms with Crippen molar-refractivity contribution in [1.82, 2.24) is 4.90 Å². The van der Waals surface area contributed by atoms with Gasteiger partial charge in [-0.2, -0.15) is 13.2 Å². The molecule has 1 unspecified atom stereocenters. The Morgan fingerprint density at radius 2 is 1.68 bits per heavy atom. The molecule has 1 saturated heterocycles. The predicted octanol–water partition coefficient (Wildman–Crippen LogP) is 5.55. The number of benzene rings is 2. The van der Waals surface area contributed by atoms with Gasteiger partial charge in [-0.05, 0) is 56.1 Å². The lowest BCUT2D eigenvalue weighted by Crippen LogP contribution is -2.39. The van der Waals surface area contributed by atoms with Crippen molar-refractivity contribution in [2.45, 2.75) is 32.0 Å². The van der Waals surface area contributed by atoms with Gasteiger partial charge in [-0.1, -0.05) is 47.5 Å². The van der Waals surface area contributed by atoms with Crippen molar-refractivity contribution in [3.63, 3.8) is 0 Å². The van der Waals surface area contributed by atoms with Crippen molar-refractivity contribution >= 4 is 17.6 Å². The number of rotatable bonds is 4. The highest BCUT2D eigenvalue weighted by atomic mass is 35.5. The molecular weight excluding hydrogens is 391 g/mol. The maximum Gasteiger partial charge on any atom is 0.417 e. The van der Waals surface area contributed by atoms with Crippen LogP contribution in [0.15, 0.2) is 42.5 Å². The summed E-state index contributed by atoms with van der Waals surface area (Å²) in [5.74, 6) is -1.23. The third-order valence-corrected chi connectivity index (χ3v) is 5.58. The molecule has 2 aromatic carbocycles. The van der Waals surface area contributed by atoms with Gasteiger partial charge in [-0.3, -0.25) is 9.69 Å². The second-order valence-corrected chi connectivity index (χ2v) is 7.61. The van der Waals surface area contributed by atoms with Gasteiger partial charge in [-0.15, -0.1) is 0 Å². The lowest BCUT2D eigenvalue weighted by Gasteiger charge is -2.37. The van der Waals surface area contributed by atoms with Crippen molar-refractivity contribution < 1.29 is 23.1 Å². The van der Waals surface area contributed by atoms with Gasteiger partial charge in [0.1, 0.15) is 0 Å². The Bertz CT molecular complexity index is 844. The predicted molar refractivity (Wildman–Crippen MR) is 101 cm³/mol. The number of carboxylic acid groups (broad SMARTS) is 1. The van der Waals surface area contributed by atoms with Crippen LogP contribution in [-0.4, -0.2) is 29.1 Å². The molecule has 2 aromatic rings. The zero-order valence-electron chi connectivity index (χ0n) is 15.3. The van der Waals surface area contributed by atoms with E-state index in [0.29, 0.717) is 31.5 Å². The van der Waals surface area contributed by atoms with E-state index in [2.05, 4.69) is 0 Å². The molecule has 0 amide bonds. The zero-order valence-corrected chi connectivity index (χ0v) is 16.1. The van der Waals surface area contributed by atoms with Crippen molar-refractivity contribution in [2.24, 2.45) is 5.92 Å². The standard InChI is InChI=1S/C21H21ClF3NO2/c1-13-2-4-14(5-3-13)19(26-10-8-15(9-11-26)20(27)28)16-6-7-18(22)17(12-16)21(23,24)25/h2-7,12,15,19H,8-11H2,1H3,(H,27,28). The minimum atomic E-state index is -4.54. The molecule has 1 fully saturated rings. The van der Waals surface area contributed by atoms with Crippen molar-refractivity contribution in [3.05, 3.63) is 69.7 Å². The largest absolute Gasteiger partial charge is 0.481 e. The summed E-state index contributed by atoms with van der Waals surface area (Å²) < 4.78 is 40.1. The molecule has 150 valence electrons. The maximum atomic E-state index is 13.4. The van der Waals surface area contributed by atoms with Crippen LogP contribution in [0.5, 0.6) is 0 Å². The van der Waals surface area contributed by atoms with Crippen LogP contribution in [0.3, 0.4) is 0 Å². The molecule has 0 radical (unpaired) electrons. The first-order valence-electron chi connectivity index (χ1n) is 9.07. The second kappa shape index (κ2) is 8.13. The first-order valence-corrected chi connectivity index (χ1v) is 9.44. The van der Waals surface area contributed by atoms with E-state index in [1.165, 1.54) is 6.07 Å². The molecule has 0 spiro atoms. The summed E-state index contributed by atoms with van der Waals surface area (Å²) in [6, 6.07) is 11.3. The Morgan fingerprint density at radius 1 is 1.11 bits per heavy atom. The number of hydrogen-bond donors (Lipinski definition) is 1. The average molecular weight is 412 g/mol. The topological polar surface area (TPSA) is 40.5 Å². The number of likely N-dealkylation sites (tertiary alicyclic amines) is 1. The van der Waals surface area contributed by atoms with E-state index >= 15 is 0 Å². The molecule has 1 N–H and O–H groups in total. The molecule has 1 atom stereocenters. The number of halogens is 4. The van der Waals surface area contributed by atoms with Gasteiger partial charge in [0.05, 0.1) is 22.5 Å². The van der Waals surface area contributed by atoms with E-state index < -0.39 is 29.7 Å². The fourth-order valence-corrected chi connectivity index (χ4v) is 3.92. The molecule has 0 aliphatic carbocycles. The van der Waals surface area contributed by atoms with Crippen LogP contribution >= 0.6 is 11.6 Å². The summed E-state index contributed by atoms with van der Waals surface area (Å²) in [7, 11) is 0. The Labute approximate surface area is 166 Å². The summed E-state index contributed by atoms with van der Waals surface area (Å²) in [4.78, 5) is 13.3. The van der Waals surface area contributed by atoms with Crippen LogP contribution in [0.2, 0.25) is 5.02 Å². The highest BCUT2D eigenvalue weighted by Gasteiger charge is 2.35. The van der Waals surface area contributed by atoms with E-state index in [1.54, 1.807) is 6.07 Å². The van der Waals surface area contributed by atoms with Gasteiger partial charge in [0, 0.05) is 0 Å². The minimum absolute atomic E-state index is 0.330. The number of aryl methyl sites for hydroxylation is 1.